The quantitative estimate of drug-likeness (QED) is 0.234. The smallest absolute Gasteiger partial charge is 0.451 e. The summed E-state index contributed by atoms with van der Waals surface area (Å²) in [4.78, 5) is 14.1. The number of hydrogen-bond acceptors (Lipinski definition) is 5. The molecule has 2 atom stereocenters. The highest BCUT2D eigenvalue weighted by Gasteiger charge is 2.36. The Morgan fingerprint density at radius 1 is 1.21 bits per heavy atom. The van der Waals surface area contributed by atoms with E-state index in [1.807, 2.05) is 0 Å². The number of likely N-dealkylation sites (tertiary alicyclic amines) is 1. The number of carboxylic acid groups (broad SMARTS) is 1. The van der Waals surface area contributed by atoms with Crippen molar-refractivity contribution in [1.82, 2.24) is 4.90 Å². The topological polar surface area (TPSA) is 107 Å². The van der Waals surface area contributed by atoms with Crippen molar-refractivity contribution in [2.75, 3.05) is 26.3 Å². The van der Waals surface area contributed by atoms with E-state index in [9.17, 15) is 9.90 Å². The van der Waals surface area contributed by atoms with Crippen LogP contribution in [0.3, 0.4) is 0 Å². The molecule has 8 heteroatoms. The van der Waals surface area contributed by atoms with Gasteiger partial charge in [-0.25, -0.2) is 0 Å². The van der Waals surface area contributed by atoms with Crippen LogP contribution in [0, 0.1) is 0 Å². The number of rotatable bonds is 12. The lowest BCUT2D eigenvalue weighted by Crippen LogP contribution is -2.51. The van der Waals surface area contributed by atoms with Crippen LogP contribution in [-0.4, -0.2) is 70.1 Å². The van der Waals surface area contributed by atoms with Gasteiger partial charge in [-0.2, -0.15) is 0 Å². The molecule has 1 aliphatic heterocycles. The van der Waals surface area contributed by atoms with Crippen LogP contribution in [0.5, 0.6) is 0 Å². The number of aliphatic carboxylic acids is 1. The molecule has 0 aromatic heterocycles. The Kier molecular flexibility index (Phi) is 9.57. The van der Waals surface area contributed by atoms with Crippen molar-refractivity contribution in [3.05, 3.63) is 35.9 Å². The molecule has 1 fully saturated rings. The van der Waals surface area contributed by atoms with E-state index in [2.05, 4.69) is 41.9 Å². The number of carboxylic acids is 1. The van der Waals surface area contributed by atoms with E-state index in [1.165, 1.54) is 5.56 Å². The minimum absolute atomic E-state index is 0.253. The second-order valence-corrected chi connectivity index (χ2v) is 10.0. The van der Waals surface area contributed by atoms with Gasteiger partial charge >= 0.3 is 13.1 Å². The van der Waals surface area contributed by atoms with E-state index in [0.717, 1.165) is 40.9 Å². The molecule has 1 aromatic rings. The molecular formula is C21H36BN2O4P. The predicted octanol–water partition coefficient (Wildman–Crippen LogP) is 2.19. The number of benzene rings is 1. The first kappa shape index (κ1) is 24.3. The monoisotopic (exact) mass is 422 g/mol. The van der Waals surface area contributed by atoms with Crippen molar-refractivity contribution in [3.63, 3.8) is 0 Å². The zero-order chi connectivity index (χ0) is 21.3. The summed E-state index contributed by atoms with van der Waals surface area (Å²) < 4.78 is 0. The molecule has 0 saturated carbocycles. The number of nitrogens with zero attached hydrogens (tertiary/aromatic N) is 1. The minimum Gasteiger partial charge on any atom is -0.480 e. The lowest BCUT2D eigenvalue weighted by atomic mass is 9.81. The highest BCUT2D eigenvalue weighted by molar-refractivity contribution is 7.39. The number of unbranched alkanes of at least 4 members (excludes halogenated alkanes) is 1. The zero-order valence-corrected chi connectivity index (χ0v) is 18.5. The van der Waals surface area contributed by atoms with Crippen LogP contribution < -0.4 is 5.73 Å². The van der Waals surface area contributed by atoms with Crippen molar-refractivity contribution >= 4 is 21.7 Å². The van der Waals surface area contributed by atoms with Crippen LogP contribution in [0.2, 0.25) is 6.32 Å². The van der Waals surface area contributed by atoms with Gasteiger partial charge in [-0.05, 0) is 68.9 Å². The Bertz CT molecular complexity index is 626. The first-order valence-corrected chi connectivity index (χ1v) is 12.1. The lowest BCUT2D eigenvalue weighted by molar-refractivity contribution is -0.144. The summed E-state index contributed by atoms with van der Waals surface area (Å²) in [5, 5.41) is 27.8. The fraction of sp³-hybridized carbons (Fsp3) is 0.667. The van der Waals surface area contributed by atoms with E-state index in [-0.39, 0.29) is 6.32 Å². The van der Waals surface area contributed by atoms with Gasteiger partial charge in [-0.15, -0.1) is 8.58 Å². The van der Waals surface area contributed by atoms with Gasteiger partial charge in [-0.1, -0.05) is 43.2 Å². The van der Waals surface area contributed by atoms with E-state index in [4.69, 9.17) is 15.8 Å². The van der Waals surface area contributed by atoms with Gasteiger partial charge in [-0.3, -0.25) is 4.79 Å². The minimum atomic E-state index is -1.34. The maximum absolute atomic E-state index is 11.7. The van der Waals surface area contributed by atoms with Gasteiger partial charge in [0.2, 0.25) is 0 Å². The molecule has 0 aliphatic carbocycles. The summed E-state index contributed by atoms with van der Waals surface area (Å²) >= 11 is 0. The van der Waals surface area contributed by atoms with Gasteiger partial charge in [0.25, 0.3) is 0 Å². The third kappa shape index (κ3) is 7.65. The maximum atomic E-state index is 11.7. The Balaban J connectivity index is 1.82. The SMILES string of the molecule is CPC1(Cc2ccccc2)CCN(CCC(N)(CCCCB(O)O)C(=O)O)CC1. The van der Waals surface area contributed by atoms with Gasteiger partial charge in [0.15, 0.2) is 0 Å². The lowest BCUT2D eigenvalue weighted by Gasteiger charge is -2.42. The fourth-order valence-electron chi connectivity index (χ4n) is 4.17. The Morgan fingerprint density at radius 2 is 1.86 bits per heavy atom. The van der Waals surface area contributed by atoms with Crippen molar-refractivity contribution in [3.8, 4) is 0 Å². The molecular weight excluding hydrogens is 386 g/mol. The van der Waals surface area contributed by atoms with Crippen LogP contribution in [0.4, 0.5) is 0 Å². The molecule has 2 unspecified atom stereocenters. The molecule has 0 spiro atoms. The molecule has 1 saturated heterocycles. The standard InChI is InChI=1S/C21H36BN2O4P/c1-29-20(17-18-7-3-2-4-8-18)10-14-24(15-11-20)16-12-21(23,19(25)26)9-5-6-13-22(27)28/h2-4,7-8,27-29H,5-6,9-17,23H2,1H3,(H,25,26). The highest BCUT2D eigenvalue weighted by Crippen LogP contribution is 2.41. The van der Waals surface area contributed by atoms with Crippen LogP contribution >= 0.6 is 8.58 Å². The van der Waals surface area contributed by atoms with E-state index in [1.54, 1.807) is 0 Å². The summed E-state index contributed by atoms with van der Waals surface area (Å²) in [6.45, 7) is 4.97. The van der Waals surface area contributed by atoms with Crippen LogP contribution in [0.1, 0.15) is 44.1 Å². The zero-order valence-electron chi connectivity index (χ0n) is 17.5. The summed E-state index contributed by atoms with van der Waals surface area (Å²) in [5.74, 6) is -0.965. The number of piperidine rings is 1. The molecule has 1 heterocycles. The van der Waals surface area contributed by atoms with Crippen molar-refractivity contribution in [2.45, 2.75) is 62.0 Å². The molecule has 29 heavy (non-hydrogen) atoms. The first-order valence-electron chi connectivity index (χ1n) is 10.6. The average molecular weight is 422 g/mol. The van der Waals surface area contributed by atoms with Crippen LogP contribution in [0.15, 0.2) is 30.3 Å². The summed E-state index contributed by atoms with van der Waals surface area (Å²) in [6, 6.07) is 10.7. The molecule has 162 valence electrons. The van der Waals surface area contributed by atoms with E-state index in [0.29, 0.717) is 37.4 Å². The fourth-order valence-corrected chi connectivity index (χ4v) is 5.27. The average Bonchev–Trinajstić information content (AvgIpc) is 2.71. The number of nitrogens with two attached hydrogens (primary N) is 1. The molecule has 0 bridgehead atoms. The van der Waals surface area contributed by atoms with Gasteiger partial charge in [0.05, 0.1) is 0 Å². The number of carbonyl (C=O) groups is 1. The maximum Gasteiger partial charge on any atom is 0.451 e. The molecule has 2 rings (SSSR count). The first-order chi connectivity index (χ1) is 13.8. The number of hydrogen-bond donors (Lipinski definition) is 4. The Hall–Kier alpha value is -0.975. The molecule has 1 aromatic carbocycles. The third-order valence-electron chi connectivity index (χ3n) is 6.36. The molecule has 0 radical (unpaired) electrons. The highest BCUT2D eigenvalue weighted by atomic mass is 31.1. The van der Waals surface area contributed by atoms with Crippen molar-refractivity contribution < 1.29 is 19.9 Å². The normalized spacial score (nSPS) is 19.3. The predicted molar refractivity (Wildman–Crippen MR) is 121 cm³/mol. The van der Waals surface area contributed by atoms with Crippen LogP contribution in [-0.2, 0) is 11.2 Å². The molecule has 6 nitrogen and oxygen atoms in total. The summed E-state index contributed by atoms with van der Waals surface area (Å²) in [7, 11) is -0.446. The summed E-state index contributed by atoms with van der Waals surface area (Å²) in [6.07, 6.45) is 5.56. The molecule has 0 amide bonds. The van der Waals surface area contributed by atoms with Crippen molar-refractivity contribution in [2.24, 2.45) is 5.73 Å². The van der Waals surface area contributed by atoms with Gasteiger partial charge in [0.1, 0.15) is 5.54 Å². The van der Waals surface area contributed by atoms with E-state index < -0.39 is 18.6 Å². The van der Waals surface area contributed by atoms with Crippen molar-refractivity contribution in [1.29, 1.82) is 0 Å². The summed E-state index contributed by atoms with van der Waals surface area (Å²) in [5.41, 5.74) is 6.36. The van der Waals surface area contributed by atoms with Gasteiger partial charge < -0.3 is 25.8 Å². The Morgan fingerprint density at radius 3 is 2.41 bits per heavy atom. The second kappa shape index (κ2) is 11.4. The van der Waals surface area contributed by atoms with Crippen LogP contribution in [0.25, 0.3) is 0 Å². The van der Waals surface area contributed by atoms with Gasteiger partial charge in [0, 0.05) is 6.54 Å². The Labute approximate surface area is 176 Å². The third-order valence-corrected chi connectivity index (χ3v) is 8.10. The molecule has 1 aliphatic rings. The van der Waals surface area contributed by atoms with E-state index >= 15 is 0 Å². The molecule has 5 N–H and O–H groups in total. The second-order valence-electron chi connectivity index (χ2n) is 8.47. The largest absolute Gasteiger partial charge is 0.480 e.